The molecule has 0 aliphatic carbocycles. The Hall–Kier alpha value is -4.56. The maximum atomic E-state index is 12.9. The van der Waals surface area contributed by atoms with E-state index in [4.69, 9.17) is 11.6 Å². The molecule has 240 valence electrons. The van der Waals surface area contributed by atoms with E-state index in [1.165, 1.54) is 51.9 Å². The lowest BCUT2D eigenvalue weighted by Crippen LogP contribution is -2.31. The number of anilines is 3. The van der Waals surface area contributed by atoms with Gasteiger partial charge in [-0.1, -0.05) is 55.4 Å². The molecule has 0 bridgehead atoms. The number of ether oxygens (including phenoxy) is 1. The number of amides is 3. The quantitative estimate of drug-likeness (QED) is 0.206. The van der Waals surface area contributed by atoms with Gasteiger partial charge in [-0.15, -0.1) is 18.3 Å². The first-order valence-corrected chi connectivity index (χ1v) is 15.4. The van der Waals surface area contributed by atoms with Crippen molar-refractivity contribution in [2.75, 3.05) is 27.9 Å². The van der Waals surface area contributed by atoms with Gasteiger partial charge in [-0.3, -0.25) is 9.69 Å². The largest absolute Gasteiger partial charge is 0.573 e. The van der Waals surface area contributed by atoms with Crippen molar-refractivity contribution < 1.29 is 27.5 Å². The van der Waals surface area contributed by atoms with E-state index < -0.39 is 12.4 Å². The van der Waals surface area contributed by atoms with Gasteiger partial charge >= 0.3 is 12.4 Å². The van der Waals surface area contributed by atoms with Crippen molar-refractivity contribution >= 4 is 57.8 Å². The predicted molar refractivity (Wildman–Crippen MR) is 173 cm³/mol. The summed E-state index contributed by atoms with van der Waals surface area (Å²) in [5, 5.41) is 7.80. The summed E-state index contributed by atoms with van der Waals surface area (Å²) >= 11 is 7.76. The minimum Gasteiger partial charge on any atom is -0.406 e. The molecule has 0 spiro atoms. The molecule has 0 atom stereocenters. The highest BCUT2D eigenvalue weighted by Gasteiger charge is 2.33. The molecular formula is C31H29ClF3N7O3S. The first kappa shape index (κ1) is 32.8. The molecule has 3 aromatic carbocycles. The smallest absolute Gasteiger partial charge is 0.406 e. The molecular weight excluding hydrogens is 643 g/mol. The van der Waals surface area contributed by atoms with Crippen LogP contribution in [0.5, 0.6) is 5.75 Å². The van der Waals surface area contributed by atoms with E-state index in [-0.39, 0.29) is 23.3 Å². The summed E-state index contributed by atoms with van der Waals surface area (Å²) in [6.07, 6.45) is -3.34. The topological polar surface area (TPSA) is 105 Å². The Bertz CT molecular complexity index is 1790. The number of thioether (sulfide) groups is 1. The number of carbonyl (C=O) groups excluding carboxylic acids is 2. The minimum atomic E-state index is -4.78. The lowest BCUT2D eigenvalue weighted by molar-refractivity contribution is -0.274. The number of hydrogen-bond acceptors (Lipinski definition) is 7. The van der Waals surface area contributed by atoms with Crippen LogP contribution in [-0.4, -0.2) is 51.0 Å². The fourth-order valence-corrected chi connectivity index (χ4v) is 5.79. The molecule has 1 aromatic heterocycles. The zero-order valence-corrected chi connectivity index (χ0v) is 26.7. The van der Waals surface area contributed by atoms with Crippen LogP contribution in [-0.2, 0) is 11.3 Å². The van der Waals surface area contributed by atoms with Gasteiger partial charge in [0.15, 0.2) is 5.17 Å². The van der Waals surface area contributed by atoms with Crippen molar-refractivity contribution in [2.24, 2.45) is 4.99 Å². The van der Waals surface area contributed by atoms with Gasteiger partial charge < -0.3 is 15.0 Å². The fraction of sp³-hybridized carbons (Fsp3) is 0.258. The number of carbonyl (C=O) groups is 2. The monoisotopic (exact) mass is 671 g/mol. The highest BCUT2D eigenvalue weighted by molar-refractivity contribution is 8.15. The summed E-state index contributed by atoms with van der Waals surface area (Å²) in [5.74, 6) is 0.211. The molecule has 5 rings (SSSR count). The van der Waals surface area contributed by atoms with E-state index in [9.17, 15) is 22.8 Å². The fourth-order valence-electron chi connectivity index (χ4n) is 4.69. The zero-order chi connectivity index (χ0) is 33.2. The lowest BCUT2D eigenvalue weighted by atomic mass is 9.99. The van der Waals surface area contributed by atoms with Crippen molar-refractivity contribution in [3.63, 3.8) is 0 Å². The molecule has 1 aliphatic rings. The molecule has 1 aliphatic heterocycles. The molecule has 46 heavy (non-hydrogen) atoms. The summed E-state index contributed by atoms with van der Waals surface area (Å²) < 4.78 is 42.6. The standard InChI is InChI=1S/C31H29ClF3N7O3S/c1-18(2)24-12-5-19(3)13-26(24)42-27(43)16-46-30(42)38-29(44)37-21-7-6-20(25(32)14-21)15-40(4)28-36-17-41(39-28)22-8-10-23(11-9-22)45-31(33,34)35/h5-14,17-18H,15-16H2,1-4H3,(H,37,44)/b38-30-. The summed E-state index contributed by atoms with van der Waals surface area (Å²) in [5.41, 5.74) is 4.34. The average Bonchev–Trinajstić information content (AvgIpc) is 3.61. The van der Waals surface area contributed by atoms with Crippen LogP contribution in [0.1, 0.15) is 36.5 Å². The van der Waals surface area contributed by atoms with Crippen LogP contribution in [0.15, 0.2) is 72.0 Å². The third kappa shape index (κ3) is 7.80. The van der Waals surface area contributed by atoms with E-state index in [0.717, 1.165) is 22.4 Å². The third-order valence-electron chi connectivity index (χ3n) is 6.88. The molecule has 1 fully saturated rings. The number of hydrogen-bond donors (Lipinski definition) is 1. The van der Waals surface area contributed by atoms with Gasteiger partial charge in [0.05, 0.1) is 17.1 Å². The second-order valence-corrected chi connectivity index (χ2v) is 12.1. The Labute approximate surface area is 272 Å². The first-order chi connectivity index (χ1) is 21.8. The Morgan fingerprint density at radius 2 is 1.89 bits per heavy atom. The summed E-state index contributed by atoms with van der Waals surface area (Å²) in [4.78, 5) is 37.5. The highest BCUT2D eigenvalue weighted by Crippen LogP contribution is 2.34. The Balaban J connectivity index is 1.24. The van der Waals surface area contributed by atoms with Crippen molar-refractivity contribution in [1.82, 2.24) is 14.8 Å². The van der Waals surface area contributed by atoms with Gasteiger partial charge in [0.25, 0.3) is 0 Å². The number of benzene rings is 3. The predicted octanol–water partition coefficient (Wildman–Crippen LogP) is 7.56. The SMILES string of the molecule is Cc1ccc(C(C)C)c(N2C(=O)CS/C2=N\C(=O)Nc2ccc(CN(C)c3ncn(-c4ccc(OC(F)(F)F)cc4)n3)c(Cl)c2)c1. The maximum Gasteiger partial charge on any atom is 0.573 e. The van der Waals surface area contributed by atoms with Gasteiger partial charge in [0.2, 0.25) is 11.9 Å². The molecule has 3 amide bonds. The van der Waals surface area contributed by atoms with Crippen LogP contribution in [0, 0.1) is 6.92 Å². The minimum absolute atomic E-state index is 0.145. The van der Waals surface area contributed by atoms with Crippen molar-refractivity contribution in [3.05, 3.63) is 88.7 Å². The van der Waals surface area contributed by atoms with E-state index in [0.29, 0.717) is 34.1 Å². The molecule has 2 heterocycles. The van der Waals surface area contributed by atoms with Gasteiger partial charge in [-0.2, -0.15) is 9.98 Å². The normalized spacial score (nSPS) is 14.3. The van der Waals surface area contributed by atoms with Crippen LogP contribution in [0.25, 0.3) is 5.69 Å². The average molecular weight is 672 g/mol. The highest BCUT2D eigenvalue weighted by atomic mass is 35.5. The molecule has 1 saturated heterocycles. The first-order valence-electron chi connectivity index (χ1n) is 14.0. The Morgan fingerprint density at radius 1 is 1.15 bits per heavy atom. The number of urea groups is 1. The van der Waals surface area contributed by atoms with E-state index in [1.807, 2.05) is 39.0 Å². The number of aryl methyl sites for hydroxylation is 1. The van der Waals surface area contributed by atoms with Crippen LogP contribution < -0.4 is 19.9 Å². The van der Waals surface area contributed by atoms with Gasteiger partial charge in [-0.25, -0.2) is 9.48 Å². The van der Waals surface area contributed by atoms with Crippen molar-refractivity contribution in [3.8, 4) is 11.4 Å². The lowest BCUT2D eigenvalue weighted by Gasteiger charge is -2.22. The number of aromatic nitrogens is 3. The molecule has 10 nitrogen and oxygen atoms in total. The second kappa shape index (κ2) is 13.4. The maximum absolute atomic E-state index is 12.9. The van der Waals surface area contributed by atoms with Gasteiger partial charge in [0, 0.05) is 24.3 Å². The van der Waals surface area contributed by atoms with E-state index in [1.54, 1.807) is 30.1 Å². The number of rotatable bonds is 8. The third-order valence-corrected chi connectivity index (χ3v) is 8.15. The Kier molecular flexibility index (Phi) is 9.58. The van der Waals surface area contributed by atoms with Crippen LogP contribution in [0.3, 0.4) is 0 Å². The molecule has 15 heteroatoms. The van der Waals surface area contributed by atoms with Gasteiger partial charge in [-0.05, 0) is 72.0 Å². The zero-order valence-electron chi connectivity index (χ0n) is 25.2. The summed E-state index contributed by atoms with van der Waals surface area (Å²) in [6.45, 7) is 6.35. The van der Waals surface area contributed by atoms with E-state index in [2.05, 4.69) is 25.1 Å². The number of amidine groups is 1. The van der Waals surface area contributed by atoms with Crippen molar-refractivity contribution in [2.45, 2.75) is 39.6 Å². The Morgan fingerprint density at radius 3 is 2.57 bits per heavy atom. The number of halogens is 4. The van der Waals surface area contributed by atoms with Crippen molar-refractivity contribution in [1.29, 1.82) is 0 Å². The summed E-state index contributed by atoms with van der Waals surface area (Å²) in [6, 6.07) is 15.5. The number of alkyl halides is 3. The van der Waals surface area contributed by atoms with Gasteiger partial charge in [0.1, 0.15) is 12.1 Å². The molecule has 1 N–H and O–H groups in total. The number of aliphatic imine (C=N–C) groups is 1. The second-order valence-electron chi connectivity index (χ2n) is 10.8. The van der Waals surface area contributed by atoms with Crippen LogP contribution in [0.4, 0.5) is 35.3 Å². The number of nitrogens with one attached hydrogen (secondary N) is 1. The summed E-state index contributed by atoms with van der Waals surface area (Å²) in [7, 11) is 1.76. The molecule has 0 unspecified atom stereocenters. The van der Waals surface area contributed by atoms with Crippen LogP contribution in [0.2, 0.25) is 5.02 Å². The molecule has 0 radical (unpaired) electrons. The van der Waals surface area contributed by atoms with Crippen LogP contribution >= 0.6 is 23.4 Å². The molecule has 4 aromatic rings. The molecule has 0 saturated carbocycles. The number of nitrogens with zero attached hydrogens (tertiary/aromatic N) is 6. The van der Waals surface area contributed by atoms with E-state index >= 15 is 0 Å².